The minimum absolute atomic E-state index is 0.213. The van der Waals surface area contributed by atoms with Crippen molar-refractivity contribution in [1.29, 1.82) is 0 Å². The Labute approximate surface area is 118 Å². The van der Waals surface area contributed by atoms with Crippen molar-refractivity contribution in [2.45, 2.75) is 27.4 Å². The molecule has 0 aliphatic heterocycles. The molecule has 0 aliphatic carbocycles. The van der Waals surface area contributed by atoms with Gasteiger partial charge in [-0.1, -0.05) is 0 Å². The Morgan fingerprint density at radius 1 is 1.29 bits per heavy atom. The number of aromatic amines is 2. The lowest BCUT2D eigenvalue weighted by molar-refractivity contribution is -0.0533. The minimum Gasteiger partial charge on any atom is -0.462 e. The number of halogens is 2. The maximum Gasteiger partial charge on any atom is 0.388 e. The largest absolute Gasteiger partial charge is 0.462 e. The van der Waals surface area contributed by atoms with Crippen LogP contribution >= 0.6 is 0 Å². The first-order valence-electron chi connectivity index (χ1n) is 6.17. The number of aryl methyl sites for hydroxylation is 1. The van der Waals surface area contributed by atoms with E-state index in [0.717, 1.165) is 0 Å². The van der Waals surface area contributed by atoms with Crippen LogP contribution in [0, 0.1) is 13.8 Å². The van der Waals surface area contributed by atoms with E-state index >= 15 is 0 Å². The molecule has 114 valence electrons. The summed E-state index contributed by atoms with van der Waals surface area (Å²) in [5.74, 6) is -0.792. The highest BCUT2D eigenvalue weighted by Gasteiger charge is 2.25. The van der Waals surface area contributed by atoms with E-state index in [-0.39, 0.29) is 23.7 Å². The Bertz CT molecular complexity index is 651. The molecule has 21 heavy (non-hydrogen) atoms. The van der Waals surface area contributed by atoms with Crippen molar-refractivity contribution in [3.63, 3.8) is 0 Å². The number of carbonyl (C=O) groups is 1. The van der Waals surface area contributed by atoms with Crippen molar-refractivity contribution in [2.24, 2.45) is 0 Å². The zero-order valence-electron chi connectivity index (χ0n) is 11.7. The Balaban J connectivity index is 2.44. The van der Waals surface area contributed by atoms with Gasteiger partial charge in [-0.2, -0.15) is 13.9 Å². The van der Waals surface area contributed by atoms with Crippen molar-refractivity contribution in [3.8, 4) is 17.3 Å². The quantitative estimate of drug-likeness (QED) is 0.826. The summed E-state index contributed by atoms with van der Waals surface area (Å²) in [5.41, 5.74) is 1.63. The number of ether oxygens (including phenoxy) is 2. The molecule has 0 saturated carbocycles. The van der Waals surface area contributed by atoms with Gasteiger partial charge in [0, 0.05) is 11.3 Å². The third-order valence-corrected chi connectivity index (χ3v) is 2.83. The number of carbonyl (C=O) groups excluding carboxylic acids is 1. The van der Waals surface area contributed by atoms with E-state index in [0.29, 0.717) is 17.0 Å². The fourth-order valence-corrected chi connectivity index (χ4v) is 1.87. The number of hydrogen-bond donors (Lipinski definition) is 2. The lowest BCUT2D eigenvalue weighted by Gasteiger charge is -2.04. The van der Waals surface area contributed by atoms with E-state index < -0.39 is 12.6 Å². The van der Waals surface area contributed by atoms with E-state index in [4.69, 9.17) is 4.74 Å². The molecule has 2 aromatic heterocycles. The average Bonchev–Trinajstić information content (AvgIpc) is 2.94. The summed E-state index contributed by atoms with van der Waals surface area (Å²) in [4.78, 5) is 11.9. The maximum atomic E-state index is 12.3. The molecular weight excluding hydrogens is 286 g/mol. The van der Waals surface area contributed by atoms with Gasteiger partial charge in [-0.25, -0.2) is 4.79 Å². The van der Waals surface area contributed by atoms with Crippen molar-refractivity contribution in [1.82, 2.24) is 20.4 Å². The molecule has 0 aliphatic rings. The molecule has 0 atom stereocenters. The predicted octanol–water partition coefficient (Wildman–Crippen LogP) is 2.19. The molecule has 0 spiro atoms. The first-order chi connectivity index (χ1) is 9.95. The molecule has 2 N–H and O–H groups in total. The third-order valence-electron chi connectivity index (χ3n) is 2.83. The summed E-state index contributed by atoms with van der Waals surface area (Å²) in [6, 6.07) is 0. The summed E-state index contributed by atoms with van der Waals surface area (Å²) < 4.78 is 33.7. The highest BCUT2D eigenvalue weighted by molar-refractivity contribution is 5.97. The van der Waals surface area contributed by atoms with Gasteiger partial charge in [0.25, 0.3) is 0 Å². The smallest absolute Gasteiger partial charge is 0.388 e. The molecule has 0 fully saturated rings. The number of esters is 1. The first-order valence-corrected chi connectivity index (χ1v) is 6.17. The zero-order valence-corrected chi connectivity index (χ0v) is 11.7. The van der Waals surface area contributed by atoms with Gasteiger partial charge in [0.15, 0.2) is 0 Å². The van der Waals surface area contributed by atoms with Crippen LogP contribution in [-0.2, 0) is 4.74 Å². The number of rotatable bonds is 5. The number of alkyl halides is 2. The molecule has 0 unspecified atom stereocenters. The van der Waals surface area contributed by atoms with Gasteiger partial charge >= 0.3 is 12.6 Å². The molecular formula is C12H14F2N4O3. The minimum atomic E-state index is -2.98. The summed E-state index contributed by atoms with van der Waals surface area (Å²) in [7, 11) is 0. The van der Waals surface area contributed by atoms with Crippen LogP contribution in [0.3, 0.4) is 0 Å². The Hall–Kier alpha value is -2.45. The lowest BCUT2D eigenvalue weighted by atomic mass is 10.1. The standard InChI is InChI=1S/C12H14F2N4O3/c1-4-20-11(19)7-6(3)15-17-9(7)8-5(2)10(18-16-8)21-12(13)14/h12H,4H2,1-3H3,(H,15,17)(H,16,18). The van der Waals surface area contributed by atoms with Crippen LogP contribution in [0.1, 0.15) is 28.5 Å². The van der Waals surface area contributed by atoms with Crippen LogP contribution in [0.5, 0.6) is 5.88 Å². The summed E-state index contributed by atoms with van der Waals surface area (Å²) in [6.07, 6.45) is 0. The van der Waals surface area contributed by atoms with Gasteiger partial charge < -0.3 is 9.47 Å². The van der Waals surface area contributed by atoms with E-state index in [2.05, 4.69) is 25.1 Å². The van der Waals surface area contributed by atoms with Crippen molar-refractivity contribution < 1.29 is 23.0 Å². The third kappa shape index (κ3) is 2.86. The average molecular weight is 300 g/mol. The summed E-state index contributed by atoms with van der Waals surface area (Å²) in [6.45, 7) is 2.11. The molecule has 0 radical (unpaired) electrons. The maximum absolute atomic E-state index is 12.3. The van der Waals surface area contributed by atoms with Crippen LogP contribution in [0.15, 0.2) is 0 Å². The van der Waals surface area contributed by atoms with E-state index in [1.165, 1.54) is 6.92 Å². The second kappa shape index (κ2) is 5.90. The Morgan fingerprint density at radius 2 is 2.00 bits per heavy atom. The highest BCUT2D eigenvalue weighted by atomic mass is 19.3. The highest BCUT2D eigenvalue weighted by Crippen LogP contribution is 2.30. The molecule has 7 nitrogen and oxygen atoms in total. The summed E-state index contributed by atoms with van der Waals surface area (Å²) >= 11 is 0. The van der Waals surface area contributed by atoms with Crippen LogP contribution in [-0.4, -0.2) is 39.6 Å². The van der Waals surface area contributed by atoms with E-state index in [1.54, 1.807) is 13.8 Å². The molecule has 0 aromatic carbocycles. The SMILES string of the molecule is CCOC(=O)c1c(-c2[nH]nc(OC(F)F)c2C)n[nH]c1C. The number of nitrogens with zero attached hydrogens (tertiary/aromatic N) is 2. The van der Waals surface area contributed by atoms with Gasteiger partial charge in [-0.15, -0.1) is 5.10 Å². The Morgan fingerprint density at radius 3 is 2.62 bits per heavy atom. The van der Waals surface area contributed by atoms with Gasteiger partial charge in [0.2, 0.25) is 5.88 Å². The van der Waals surface area contributed by atoms with Gasteiger partial charge in [-0.3, -0.25) is 10.2 Å². The molecule has 9 heteroatoms. The zero-order chi connectivity index (χ0) is 15.6. The fraction of sp³-hybridized carbons (Fsp3) is 0.417. The topological polar surface area (TPSA) is 92.9 Å². The lowest BCUT2D eigenvalue weighted by Crippen LogP contribution is -2.07. The summed E-state index contributed by atoms with van der Waals surface area (Å²) in [5, 5.41) is 12.9. The normalized spacial score (nSPS) is 11.0. The molecule has 0 bridgehead atoms. The van der Waals surface area contributed by atoms with Crippen LogP contribution in [0.25, 0.3) is 11.4 Å². The van der Waals surface area contributed by atoms with Crippen molar-refractivity contribution in [2.75, 3.05) is 6.61 Å². The second-order valence-electron chi connectivity index (χ2n) is 4.20. The van der Waals surface area contributed by atoms with Crippen molar-refractivity contribution in [3.05, 3.63) is 16.8 Å². The van der Waals surface area contributed by atoms with Crippen LogP contribution < -0.4 is 4.74 Å². The van der Waals surface area contributed by atoms with Gasteiger partial charge in [-0.05, 0) is 20.8 Å². The second-order valence-corrected chi connectivity index (χ2v) is 4.20. The molecule has 2 heterocycles. The van der Waals surface area contributed by atoms with Crippen LogP contribution in [0.2, 0.25) is 0 Å². The number of aromatic nitrogens is 4. The van der Waals surface area contributed by atoms with E-state index in [9.17, 15) is 13.6 Å². The van der Waals surface area contributed by atoms with Crippen molar-refractivity contribution >= 4 is 5.97 Å². The molecule has 2 rings (SSSR count). The van der Waals surface area contributed by atoms with Gasteiger partial charge in [0.05, 0.1) is 12.3 Å². The fourth-order valence-electron chi connectivity index (χ4n) is 1.87. The monoisotopic (exact) mass is 300 g/mol. The number of H-pyrrole nitrogens is 2. The Kier molecular flexibility index (Phi) is 4.20. The molecule has 0 amide bonds. The molecule has 2 aromatic rings. The van der Waals surface area contributed by atoms with E-state index in [1.807, 2.05) is 0 Å². The first kappa shape index (κ1) is 14.9. The number of nitrogens with one attached hydrogen (secondary N) is 2. The molecule has 0 saturated heterocycles. The van der Waals surface area contributed by atoms with Crippen LogP contribution in [0.4, 0.5) is 8.78 Å². The number of hydrogen-bond acceptors (Lipinski definition) is 5. The predicted molar refractivity (Wildman–Crippen MR) is 68.2 cm³/mol. The van der Waals surface area contributed by atoms with Gasteiger partial charge in [0.1, 0.15) is 11.3 Å².